The first kappa shape index (κ1) is 11.5. The maximum Gasteiger partial charge on any atom is 0.236 e. The standard InChI is InChI=1S/C11H22N2O/c1-3-7-12-8-11(14)13(2)9-10-5-4-6-10/h10,12H,3-9H2,1-2H3. The van der Waals surface area contributed by atoms with Crippen molar-refractivity contribution in [2.75, 3.05) is 26.7 Å². The van der Waals surface area contributed by atoms with E-state index in [-0.39, 0.29) is 5.91 Å². The number of nitrogens with one attached hydrogen (secondary N) is 1. The molecule has 0 atom stereocenters. The second kappa shape index (κ2) is 6.02. The molecule has 0 saturated heterocycles. The summed E-state index contributed by atoms with van der Waals surface area (Å²) in [6.45, 7) is 4.49. The fourth-order valence-electron chi connectivity index (χ4n) is 1.67. The molecule has 1 saturated carbocycles. The van der Waals surface area contributed by atoms with Crippen LogP contribution in [0.2, 0.25) is 0 Å². The highest BCUT2D eigenvalue weighted by atomic mass is 16.2. The first-order valence-corrected chi connectivity index (χ1v) is 5.68. The van der Waals surface area contributed by atoms with E-state index in [9.17, 15) is 4.79 Å². The largest absolute Gasteiger partial charge is 0.344 e. The lowest BCUT2D eigenvalue weighted by atomic mass is 9.85. The second-order valence-corrected chi connectivity index (χ2v) is 4.25. The lowest BCUT2D eigenvalue weighted by Gasteiger charge is -2.30. The van der Waals surface area contributed by atoms with Gasteiger partial charge in [0.2, 0.25) is 5.91 Å². The summed E-state index contributed by atoms with van der Waals surface area (Å²) < 4.78 is 0. The minimum Gasteiger partial charge on any atom is -0.344 e. The Bertz CT molecular complexity index is 178. The van der Waals surface area contributed by atoms with Crippen molar-refractivity contribution in [2.45, 2.75) is 32.6 Å². The van der Waals surface area contributed by atoms with Gasteiger partial charge in [0.05, 0.1) is 6.54 Å². The summed E-state index contributed by atoms with van der Waals surface area (Å²) in [5, 5.41) is 3.13. The number of carbonyl (C=O) groups excluding carboxylic acids is 1. The van der Waals surface area contributed by atoms with E-state index >= 15 is 0 Å². The van der Waals surface area contributed by atoms with Crippen LogP contribution in [0.3, 0.4) is 0 Å². The Morgan fingerprint density at radius 2 is 2.21 bits per heavy atom. The van der Waals surface area contributed by atoms with Crippen LogP contribution in [0, 0.1) is 5.92 Å². The molecule has 0 aromatic heterocycles. The summed E-state index contributed by atoms with van der Waals surface area (Å²) >= 11 is 0. The molecule has 3 heteroatoms. The lowest BCUT2D eigenvalue weighted by Crippen LogP contribution is -2.39. The molecule has 1 rings (SSSR count). The van der Waals surface area contributed by atoms with Gasteiger partial charge in [-0.25, -0.2) is 0 Å². The van der Waals surface area contributed by atoms with Crippen molar-refractivity contribution < 1.29 is 4.79 Å². The van der Waals surface area contributed by atoms with Crippen LogP contribution in [0.1, 0.15) is 32.6 Å². The summed E-state index contributed by atoms with van der Waals surface area (Å²) in [5.74, 6) is 1.00. The molecule has 0 heterocycles. The van der Waals surface area contributed by atoms with Crippen LogP contribution in [0.4, 0.5) is 0 Å². The van der Waals surface area contributed by atoms with E-state index in [2.05, 4.69) is 12.2 Å². The van der Waals surface area contributed by atoms with Crippen molar-refractivity contribution in [1.29, 1.82) is 0 Å². The quantitative estimate of drug-likeness (QED) is 0.651. The topological polar surface area (TPSA) is 32.3 Å². The predicted octanol–water partition coefficient (Wildman–Crippen LogP) is 1.24. The minimum atomic E-state index is 0.227. The van der Waals surface area contributed by atoms with Gasteiger partial charge in [0, 0.05) is 13.6 Å². The van der Waals surface area contributed by atoms with Crippen molar-refractivity contribution in [3.05, 3.63) is 0 Å². The Hall–Kier alpha value is -0.570. The molecule has 14 heavy (non-hydrogen) atoms. The smallest absolute Gasteiger partial charge is 0.236 e. The average Bonchev–Trinajstić information content (AvgIpc) is 2.11. The third kappa shape index (κ3) is 3.66. The molecule has 0 unspecified atom stereocenters. The molecule has 0 aromatic rings. The molecule has 0 aliphatic heterocycles. The number of likely N-dealkylation sites (N-methyl/N-ethyl adjacent to an activating group) is 1. The van der Waals surface area contributed by atoms with Crippen LogP contribution >= 0.6 is 0 Å². The number of nitrogens with zero attached hydrogens (tertiary/aromatic N) is 1. The molecule has 0 radical (unpaired) electrons. The Kier molecular flexibility index (Phi) is 4.94. The zero-order valence-corrected chi connectivity index (χ0v) is 9.38. The predicted molar refractivity (Wildman–Crippen MR) is 58.1 cm³/mol. The molecule has 1 fully saturated rings. The minimum absolute atomic E-state index is 0.227. The van der Waals surface area contributed by atoms with E-state index in [0.717, 1.165) is 25.4 Å². The molecule has 1 N–H and O–H groups in total. The summed E-state index contributed by atoms with van der Waals surface area (Å²) in [4.78, 5) is 13.4. The van der Waals surface area contributed by atoms with Crippen molar-refractivity contribution in [3.63, 3.8) is 0 Å². The van der Waals surface area contributed by atoms with Gasteiger partial charge >= 0.3 is 0 Å². The highest BCUT2D eigenvalue weighted by Crippen LogP contribution is 2.26. The maximum absolute atomic E-state index is 11.6. The summed E-state index contributed by atoms with van der Waals surface area (Å²) in [7, 11) is 1.91. The van der Waals surface area contributed by atoms with Gasteiger partial charge in [-0.15, -0.1) is 0 Å². The summed E-state index contributed by atoms with van der Waals surface area (Å²) in [6.07, 6.45) is 5.04. The zero-order valence-electron chi connectivity index (χ0n) is 9.38. The third-order valence-electron chi connectivity index (χ3n) is 2.89. The second-order valence-electron chi connectivity index (χ2n) is 4.25. The molecular formula is C11H22N2O. The van der Waals surface area contributed by atoms with Crippen molar-refractivity contribution >= 4 is 5.91 Å². The van der Waals surface area contributed by atoms with Crippen LogP contribution in [0.25, 0.3) is 0 Å². The monoisotopic (exact) mass is 198 g/mol. The summed E-state index contributed by atoms with van der Waals surface area (Å²) in [6, 6.07) is 0. The normalized spacial score (nSPS) is 16.4. The SMILES string of the molecule is CCCNCC(=O)N(C)CC1CCC1. The van der Waals surface area contributed by atoms with Crippen molar-refractivity contribution in [1.82, 2.24) is 10.2 Å². The van der Waals surface area contributed by atoms with E-state index in [4.69, 9.17) is 0 Å². The molecule has 1 amide bonds. The lowest BCUT2D eigenvalue weighted by molar-refractivity contribution is -0.129. The third-order valence-corrected chi connectivity index (χ3v) is 2.89. The molecular weight excluding hydrogens is 176 g/mol. The number of rotatable bonds is 6. The Morgan fingerprint density at radius 1 is 1.50 bits per heavy atom. The van der Waals surface area contributed by atoms with E-state index in [0.29, 0.717) is 6.54 Å². The van der Waals surface area contributed by atoms with Gasteiger partial charge in [0.25, 0.3) is 0 Å². The zero-order chi connectivity index (χ0) is 10.4. The highest BCUT2D eigenvalue weighted by Gasteiger charge is 2.20. The van der Waals surface area contributed by atoms with Gasteiger partial charge in [0.1, 0.15) is 0 Å². The highest BCUT2D eigenvalue weighted by molar-refractivity contribution is 5.77. The van der Waals surface area contributed by atoms with Crippen molar-refractivity contribution in [3.8, 4) is 0 Å². The molecule has 1 aliphatic rings. The van der Waals surface area contributed by atoms with Gasteiger partial charge in [-0.2, -0.15) is 0 Å². The van der Waals surface area contributed by atoms with E-state index in [1.165, 1.54) is 19.3 Å². The van der Waals surface area contributed by atoms with Gasteiger partial charge < -0.3 is 10.2 Å². The maximum atomic E-state index is 11.6. The fraction of sp³-hybridized carbons (Fsp3) is 0.909. The van der Waals surface area contributed by atoms with Gasteiger partial charge in [-0.3, -0.25) is 4.79 Å². The van der Waals surface area contributed by atoms with E-state index in [1.807, 2.05) is 11.9 Å². The summed E-state index contributed by atoms with van der Waals surface area (Å²) in [5.41, 5.74) is 0. The van der Waals surface area contributed by atoms with Crippen LogP contribution < -0.4 is 5.32 Å². The van der Waals surface area contributed by atoms with Crippen LogP contribution in [0.15, 0.2) is 0 Å². The van der Waals surface area contributed by atoms with Gasteiger partial charge in [-0.1, -0.05) is 13.3 Å². The fourth-order valence-corrected chi connectivity index (χ4v) is 1.67. The van der Waals surface area contributed by atoms with E-state index < -0.39 is 0 Å². The van der Waals surface area contributed by atoms with Crippen LogP contribution in [-0.2, 0) is 4.79 Å². The first-order valence-electron chi connectivity index (χ1n) is 5.68. The molecule has 0 spiro atoms. The molecule has 0 aromatic carbocycles. The first-order chi connectivity index (χ1) is 6.74. The number of hydrogen-bond acceptors (Lipinski definition) is 2. The average molecular weight is 198 g/mol. The molecule has 1 aliphatic carbocycles. The van der Waals surface area contributed by atoms with Crippen LogP contribution in [0.5, 0.6) is 0 Å². The number of amides is 1. The molecule has 0 bridgehead atoms. The van der Waals surface area contributed by atoms with E-state index in [1.54, 1.807) is 0 Å². The van der Waals surface area contributed by atoms with Crippen molar-refractivity contribution in [2.24, 2.45) is 5.92 Å². The Morgan fingerprint density at radius 3 is 2.71 bits per heavy atom. The van der Waals surface area contributed by atoms with Crippen LogP contribution in [-0.4, -0.2) is 37.5 Å². The Balaban J connectivity index is 2.08. The number of carbonyl (C=O) groups is 1. The van der Waals surface area contributed by atoms with Gasteiger partial charge in [-0.05, 0) is 31.7 Å². The van der Waals surface area contributed by atoms with Gasteiger partial charge in [0.15, 0.2) is 0 Å². The molecule has 3 nitrogen and oxygen atoms in total. The Labute approximate surface area is 86.9 Å². The molecule has 82 valence electrons. The number of hydrogen-bond donors (Lipinski definition) is 1.